The van der Waals surface area contributed by atoms with E-state index in [-0.39, 0.29) is 17.9 Å². The van der Waals surface area contributed by atoms with Gasteiger partial charge in [0.15, 0.2) is 0 Å². The summed E-state index contributed by atoms with van der Waals surface area (Å²) in [4.78, 5) is 12.9. The standard InChI is InChI=1S/C21H23N3O2/c1-21(2,3)19-18(13-24(23-19)17-10-5-4-6-11-17)20(26)22-16-9-7-8-15(12-16)14-25/h4-13,25H,14H2,1-3H3,(H,22,26). The molecule has 0 spiro atoms. The van der Waals surface area contributed by atoms with E-state index in [0.717, 1.165) is 16.9 Å². The lowest BCUT2D eigenvalue weighted by molar-refractivity contribution is 0.102. The maximum Gasteiger partial charge on any atom is 0.259 e. The first kappa shape index (κ1) is 17.9. The van der Waals surface area contributed by atoms with Crippen molar-refractivity contribution >= 4 is 11.6 Å². The molecule has 1 amide bonds. The fourth-order valence-electron chi connectivity index (χ4n) is 2.75. The number of nitrogens with zero attached hydrogens (tertiary/aromatic N) is 2. The van der Waals surface area contributed by atoms with Crippen molar-refractivity contribution in [2.45, 2.75) is 32.8 Å². The normalized spacial score (nSPS) is 11.4. The van der Waals surface area contributed by atoms with E-state index < -0.39 is 0 Å². The molecule has 134 valence electrons. The van der Waals surface area contributed by atoms with Crippen LogP contribution in [0.5, 0.6) is 0 Å². The summed E-state index contributed by atoms with van der Waals surface area (Å²) in [5.74, 6) is -0.216. The summed E-state index contributed by atoms with van der Waals surface area (Å²) in [6, 6.07) is 16.9. The zero-order valence-electron chi connectivity index (χ0n) is 15.2. The fourth-order valence-corrected chi connectivity index (χ4v) is 2.75. The van der Waals surface area contributed by atoms with Crippen molar-refractivity contribution in [3.63, 3.8) is 0 Å². The van der Waals surface area contributed by atoms with Gasteiger partial charge in [-0.25, -0.2) is 4.68 Å². The molecule has 5 heteroatoms. The van der Waals surface area contributed by atoms with Gasteiger partial charge in [-0.15, -0.1) is 0 Å². The van der Waals surface area contributed by atoms with E-state index in [0.29, 0.717) is 11.3 Å². The molecule has 3 aromatic rings. The highest BCUT2D eigenvalue weighted by atomic mass is 16.3. The van der Waals surface area contributed by atoms with Gasteiger partial charge in [0.1, 0.15) is 0 Å². The summed E-state index contributed by atoms with van der Waals surface area (Å²) in [7, 11) is 0. The SMILES string of the molecule is CC(C)(C)c1nn(-c2ccccc2)cc1C(=O)Nc1cccc(CO)c1. The molecular weight excluding hydrogens is 326 g/mol. The van der Waals surface area contributed by atoms with Crippen LogP contribution in [0.4, 0.5) is 5.69 Å². The Morgan fingerprint density at radius 2 is 1.85 bits per heavy atom. The van der Waals surface area contributed by atoms with Crippen LogP contribution in [0.25, 0.3) is 5.69 Å². The summed E-state index contributed by atoms with van der Waals surface area (Å²) in [5.41, 5.74) is 3.29. The summed E-state index contributed by atoms with van der Waals surface area (Å²) in [5, 5.41) is 16.8. The highest BCUT2D eigenvalue weighted by Gasteiger charge is 2.26. The molecule has 26 heavy (non-hydrogen) atoms. The van der Waals surface area contributed by atoms with Gasteiger partial charge in [-0.3, -0.25) is 4.79 Å². The Morgan fingerprint density at radius 1 is 1.12 bits per heavy atom. The lowest BCUT2D eigenvalue weighted by Gasteiger charge is -2.17. The molecule has 2 aromatic carbocycles. The van der Waals surface area contributed by atoms with Gasteiger partial charge < -0.3 is 10.4 Å². The van der Waals surface area contributed by atoms with Crippen molar-refractivity contribution in [3.05, 3.63) is 77.6 Å². The number of nitrogens with one attached hydrogen (secondary N) is 1. The van der Waals surface area contributed by atoms with Crippen LogP contribution >= 0.6 is 0 Å². The van der Waals surface area contributed by atoms with Crippen LogP contribution in [0.3, 0.4) is 0 Å². The number of hydrogen-bond acceptors (Lipinski definition) is 3. The topological polar surface area (TPSA) is 67.2 Å². The maximum absolute atomic E-state index is 12.9. The average molecular weight is 349 g/mol. The first-order valence-corrected chi connectivity index (χ1v) is 8.55. The van der Waals surface area contributed by atoms with Crippen LogP contribution in [0, 0.1) is 0 Å². The maximum atomic E-state index is 12.9. The highest BCUT2D eigenvalue weighted by molar-refractivity contribution is 6.05. The molecule has 1 heterocycles. The zero-order valence-corrected chi connectivity index (χ0v) is 15.2. The van der Waals surface area contributed by atoms with Gasteiger partial charge in [0.2, 0.25) is 0 Å². The lowest BCUT2D eigenvalue weighted by atomic mass is 9.89. The van der Waals surface area contributed by atoms with E-state index in [9.17, 15) is 9.90 Å². The lowest BCUT2D eigenvalue weighted by Crippen LogP contribution is -2.20. The van der Waals surface area contributed by atoms with Crippen molar-refractivity contribution in [1.82, 2.24) is 9.78 Å². The third-order valence-electron chi connectivity index (χ3n) is 4.06. The summed E-state index contributed by atoms with van der Waals surface area (Å²) in [6.45, 7) is 6.04. The van der Waals surface area contributed by atoms with Crippen molar-refractivity contribution in [2.24, 2.45) is 0 Å². The van der Waals surface area contributed by atoms with E-state index >= 15 is 0 Å². The van der Waals surface area contributed by atoms with Gasteiger partial charge in [-0.1, -0.05) is 51.1 Å². The molecule has 5 nitrogen and oxygen atoms in total. The highest BCUT2D eigenvalue weighted by Crippen LogP contribution is 2.26. The molecule has 0 unspecified atom stereocenters. The van der Waals surface area contributed by atoms with Crippen molar-refractivity contribution in [1.29, 1.82) is 0 Å². The number of rotatable bonds is 4. The number of hydrogen-bond donors (Lipinski definition) is 2. The third kappa shape index (κ3) is 3.83. The fraction of sp³-hybridized carbons (Fsp3) is 0.238. The molecule has 0 saturated heterocycles. The van der Waals surface area contributed by atoms with Gasteiger partial charge in [0.05, 0.1) is 23.6 Å². The predicted molar refractivity (Wildman–Crippen MR) is 103 cm³/mol. The molecule has 0 atom stereocenters. The Hall–Kier alpha value is -2.92. The van der Waals surface area contributed by atoms with Gasteiger partial charge in [-0.2, -0.15) is 5.10 Å². The van der Waals surface area contributed by atoms with Crippen molar-refractivity contribution in [2.75, 3.05) is 5.32 Å². The zero-order chi connectivity index (χ0) is 18.7. The van der Waals surface area contributed by atoms with Crippen LogP contribution in [0.2, 0.25) is 0 Å². The number of para-hydroxylation sites is 1. The molecule has 1 aromatic heterocycles. The first-order chi connectivity index (χ1) is 12.4. The predicted octanol–water partition coefficient (Wildman–Crippen LogP) is 3.91. The minimum atomic E-state index is -0.278. The van der Waals surface area contributed by atoms with Crippen LogP contribution in [-0.2, 0) is 12.0 Å². The third-order valence-corrected chi connectivity index (χ3v) is 4.06. The largest absolute Gasteiger partial charge is 0.392 e. The van der Waals surface area contributed by atoms with Gasteiger partial charge >= 0.3 is 0 Å². The van der Waals surface area contributed by atoms with Crippen molar-refractivity contribution < 1.29 is 9.90 Å². The molecule has 0 bridgehead atoms. The van der Waals surface area contributed by atoms with E-state index in [2.05, 4.69) is 10.4 Å². The van der Waals surface area contributed by atoms with E-state index in [1.807, 2.05) is 57.2 Å². The number of anilines is 1. The molecule has 0 aliphatic rings. The molecule has 2 N–H and O–H groups in total. The summed E-state index contributed by atoms with van der Waals surface area (Å²) in [6.07, 6.45) is 1.77. The van der Waals surface area contributed by atoms with Crippen LogP contribution < -0.4 is 5.32 Å². The second-order valence-corrected chi connectivity index (χ2v) is 7.23. The smallest absolute Gasteiger partial charge is 0.259 e. The molecule has 0 fully saturated rings. The number of aromatic nitrogens is 2. The summed E-state index contributed by atoms with van der Waals surface area (Å²) >= 11 is 0. The monoisotopic (exact) mass is 349 g/mol. The van der Waals surface area contributed by atoms with Gasteiger partial charge in [0.25, 0.3) is 5.91 Å². The van der Waals surface area contributed by atoms with Crippen LogP contribution in [0.15, 0.2) is 60.8 Å². The summed E-state index contributed by atoms with van der Waals surface area (Å²) < 4.78 is 1.74. The Kier molecular flexibility index (Phi) is 4.91. The Bertz CT molecular complexity index is 909. The first-order valence-electron chi connectivity index (χ1n) is 8.55. The molecule has 0 aliphatic heterocycles. The average Bonchev–Trinajstić information content (AvgIpc) is 3.09. The van der Waals surface area contributed by atoms with Gasteiger partial charge in [0, 0.05) is 17.3 Å². The van der Waals surface area contributed by atoms with Crippen LogP contribution in [0.1, 0.15) is 42.4 Å². The number of benzene rings is 2. The molecule has 3 rings (SSSR count). The quantitative estimate of drug-likeness (QED) is 0.750. The molecule has 0 saturated carbocycles. The number of carbonyl (C=O) groups excluding carboxylic acids is 1. The second-order valence-electron chi connectivity index (χ2n) is 7.23. The minimum Gasteiger partial charge on any atom is -0.392 e. The number of aliphatic hydroxyl groups excluding tert-OH is 1. The Morgan fingerprint density at radius 3 is 2.50 bits per heavy atom. The number of aliphatic hydroxyl groups is 1. The Balaban J connectivity index is 1.97. The minimum absolute atomic E-state index is 0.0666. The van der Waals surface area contributed by atoms with Gasteiger partial charge in [-0.05, 0) is 29.8 Å². The molecule has 0 radical (unpaired) electrons. The van der Waals surface area contributed by atoms with Crippen LogP contribution in [-0.4, -0.2) is 20.8 Å². The van der Waals surface area contributed by atoms with Crippen molar-refractivity contribution in [3.8, 4) is 5.69 Å². The van der Waals surface area contributed by atoms with E-state index in [1.54, 1.807) is 29.1 Å². The molecular formula is C21H23N3O2. The number of amides is 1. The van der Waals surface area contributed by atoms with E-state index in [1.165, 1.54) is 0 Å². The second kappa shape index (κ2) is 7.14. The van der Waals surface area contributed by atoms with E-state index in [4.69, 9.17) is 0 Å². The molecule has 0 aliphatic carbocycles. The number of carbonyl (C=O) groups is 1. The Labute approximate surface area is 153 Å².